The largest absolute Gasteiger partial charge is 0.497 e. The van der Waals surface area contributed by atoms with Crippen molar-refractivity contribution in [2.75, 3.05) is 30.4 Å². The van der Waals surface area contributed by atoms with Gasteiger partial charge in [-0.25, -0.2) is 0 Å². The van der Waals surface area contributed by atoms with Crippen molar-refractivity contribution in [3.8, 4) is 17.1 Å². The molecule has 7 nitrogen and oxygen atoms in total. The Morgan fingerprint density at radius 1 is 1.23 bits per heavy atom. The van der Waals surface area contributed by atoms with E-state index in [0.717, 1.165) is 36.0 Å². The lowest BCUT2D eigenvalue weighted by Crippen LogP contribution is -2.20. The van der Waals surface area contributed by atoms with Crippen LogP contribution in [0.5, 0.6) is 5.75 Å². The second kappa shape index (κ2) is 8.71. The van der Waals surface area contributed by atoms with Crippen molar-refractivity contribution in [1.82, 2.24) is 14.8 Å². The Labute approximate surface area is 180 Å². The molecule has 0 radical (unpaired) electrons. The predicted octanol–water partition coefficient (Wildman–Crippen LogP) is 4.10. The van der Waals surface area contributed by atoms with Gasteiger partial charge in [0, 0.05) is 30.0 Å². The summed E-state index contributed by atoms with van der Waals surface area (Å²) in [5, 5.41) is 10.0. The third kappa shape index (κ3) is 4.38. The summed E-state index contributed by atoms with van der Waals surface area (Å²) in [6.07, 6.45) is 1.22. The zero-order chi connectivity index (χ0) is 21.1. The SMILES string of the molecule is COc1ccc(-c2n[nH]c(=S)n2CC(=O)Nc2ccc(N3CCC(C)C3)cc2)cc1. The van der Waals surface area contributed by atoms with E-state index in [2.05, 4.69) is 39.5 Å². The maximum absolute atomic E-state index is 12.6. The number of ether oxygens (including phenoxy) is 1. The number of H-pyrrole nitrogens is 1. The van der Waals surface area contributed by atoms with Crippen LogP contribution in [0.4, 0.5) is 11.4 Å². The third-order valence-electron chi connectivity index (χ3n) is 5.35. The van der Waals surface area contributed by atoms with E-state index >= 15 is 0 Å². The molecular formula is C22H25N5O2S. The highest BCUT2D eigenvalue weighted by Crippen LogP contribution is 2.25. The van der Waals surface area contributed by atoms with Crippen LogP contribution in [0.15, 0.2) is 48.5 Å². The third-order valence-corrected chi connectivity index (χ3v) is 5.66. The maximum Gasteiger partial charge on any atom is 0.244 e. The minimum absolute atomic E-state index is 0.0715. The molecule has 1 saturated heterocycles. The van der Waals surface area contributed by atoms with Gasteiger partial charge in [-0.2, -0.15) is 5.10 Å². The molecule has 2 heterocycles. The van der Waals surface area contributed by atoms with E-state index in [-0.39, 0.29) is 12.5 Å². The summed E-state index contributed by atoms with van der Waals surface area (Å²) in [5.41, 5.74) is 2.80. The molecule has 30 heavy (non-hydrogen) atoms. The van der Waals surface area contributed by atoms with E-state index in [0.29, 0.717) is 10.6 Å². The molecular weight excluding hydrogens is 398 g/mol. The van der Waals surface area contributed by atoms with Crippen LogP contribution < -0.4 is 15.0 Å². The molecule has 1 fully saturated rings. The summed E-state index contributed by atoms with van der Waals surface area (Å²) >= 11 is 5.33. The van der Waals surface area contributed by atoms with Crippen LogP contribution in [-0.4, -0.2) is 40.9 Å². The number of methoxy groups -OCH3 is 1. The highest BCUT2D eigenvalue weighted by Gasteiger charge is 2.19. The van der Waals surface area contributed by atoms with Crippen molar-refractivity contribution in [3.05, 3.63) is 53.3 Å². The molecule has 0 bridgehead atoms. The number of rotatable bonds is 6. The fourth-order valence-corrected chi connectivity index (χ4v) is 3.89. The maximum atomic E-state index is 12.6. The quantitative estimate of drug-likeness (QED) is 0.584. The zero-order valence-corrected chi connectivity index (χ0v) is 17.9. The fraction of sp³-hybridized carbons (Fsp3) is 0.318. The van der Waals surface area contributed by atoms with Gasteiger partial charge in [0.1, 0.15) is 12.3 Å². The van der Waals surface area contributed by atoms with Crippen LogP contribution in [0.1, 0.15) is 13.3 Å². The molecule has 156 valence electrons. The van der Waals surface area contributed by atoms with Crippen LogP contribution in [0.25, 0.3) is 11.4 Å². The Hall–Kier alpha value is -3.13. The number of hydrogen-bond donors (Lipinski definition) is 2. The van der Waals surface area contributed by atoms with Gasteiger partial charge in [0.15, 0.2) is 10.6 Å². The first-order valence-corrected chi connectivity index (χ1v) is 10.4. The molecule has 3 aromatic rings. The lowest BCUT2D eigenvalue weighted by Gasteiger charge is -2.18. The van der Waals surface area contributed by atoms with Crippen molar-refractivity contribution < 1.29 is 9.53 Å². The predicted molar refractivity (Wildman–Crippen MR) is 120 cm³/mol. The highest BCUT2D eigenvalue weighted by atomic mass is 32.1. The van der Waals surface area contributed by atoms with Crippen LogP contribution in [0.2, 0.25) is 0 Å². The molecule has 1 unspecified atom stereocenters. The van der Waals surface area contributed by atoms with Gasteiger partial charge >= 0.3 is 0 Å². The second-order valence-electron chi connectivity index (χ2n) is 7.60. The van der Waals surface area contributed by atoms with E-state index in [1.54, 1.807) is 11.7 Å². The topological polar surface area (TPSA) is 75.2 Å². The van der Waals surface area contributed by atoms with E-state index in [1.165, 1.54) is 12.1 Å². The van der Waals surface area contributed by atoms with Gasteiger partial charge in [0.05, 0.1) is 7.11 Å². The molecule has 8 heteroatoms. The molecule has 1 aliphatic rings. The molecule has 1 atom stereocenters. The van der Waals surface area contributed by atoms with Crippen molar-refractivity contribution in [1.29, 1.82) is 0 Å². The number of amides is 1. The van der Waals surface area contributed by atoms with E-state index < -0.39 is 0 Å². The Kier molecular flexibility index (Phi) is 5.85. The highest BCUT2D eigenvalue weighted by molar-refractivity contribution is 7.71. The number of aromatic amines is 1. The second-order valence-corrected chi connectivity index (χ2v) is 7.99. The average molecular weight is 424 g/mol. The molecule has 0 aliphatic carbocycles. The normalized spacial score (nSPS) is 15.9. The van der Waals surface area contributed by atoms with Crippen LogP contribution in [0, 0.1) is 10.7 Å². The van der Waals surface area contributed by atoms with Crippen molar-refractivity contribution in [3.63, 3.8) is 0 Å². The van der Waals surface area contributed by atoms with Gasteiger partial charge in [-0.05, 0) is 73.1 Å². The molecule has 2 N–H and O–H groups in total. The molecule has 2 aromatic carbocycles. The van der Waals surface area contributed by atoms with Gasteiger partial charge in [-0.1, -0.05) is 6.92 Å². The number of anilines is 2. The molecule has 1 amide bonds. The Morgan fingerprint density at radius 2 is 1.97 bits per heavy atom. The first-order chi connectivity index (χ1) is 14.5. The minimum atomic E-state index is -0.162. The number of nitrogens with one attached hydrogen (secondary N) is 2. The van der Waals surface area contributed by atoms with Gasteiger partial charge in [0.25, 0.3) is 0 Å². The lowest BCUT2D eigenvalue weighted by molar-refractivity contribution is -0.116. The number of aromatic nitrogens is 3. The van der Waals surface area contributed by atoms with Crippen molar-refractivity contribution >= 4 is 29.5 Å². The van der Waals surface area contributed by atoms with Gasteiger partial charge in [0.2, 0.25) is 5.91 Å². The van der Waals surface area contributed by atoms with E-state index in [9.17, 15) is 4.79 Å². The van der Waals surface area contributed by atoms with Crippen LogP contribution in [0.3, 0.4) is 0 Å². The molecule has 0 saturated carbocycles. The standard InChI is InChI=1S/C22H25N5O2S/c1-15-11-12-26(13-15)18-7-5-17(6-8-18)23-20(28)14-27-21(24-25-22(27)30)16-3-9-19(29-2)10-4-16/h3-10,15H,11-14H2,1-2H3,(H,23,28)(H,25,30). The summed E-state index contributed by atoms with van der Waals surface area (Å²) in [6, 6.07) is 15.5. The first kappa shape index (κ1) is 20.2. The number of carbonyl (C=O) groups is 1. The number of carbonyl (C=O) groups excluding carboxylic acids is 1. The Balaban J connectivity index is 1.44. The zero-order valence-electron chi connectivity index (χ0n) is 17.1. The smallest absolute Gasteiger partial charge is 0.244 e. The summed E-state index contributed by atoms with van der Waals surface area (Å²) in [6.45, 7) is 4.51. The Morgan fingerprint density at radius 3 is 2.60 bits per heavy atom. The number of hydrogen-bond acceptors (Lipinski definition) is 5. The molecule has 1 aromatic heterocycles. The van der Waals surface area contributed by atoms with Gasteiger partial charge in [-0.3, -0.25) is 14.5 Å². The number of nitrogens with zero attached hydrogens (tertiary/aromatic N) is 3. The monoisotopic (exact) mass is 423 g/mol. The van der Waals surface area contributed by atoms with Crippen molar-refractivity contribution in [2.24, 2.45) is 5.92 Å². The van der Waals surface area contributed by atoms with Gasteiger partial charge in [-0.15, -0.1) is 0 Å². The van der Waals surface area contributed by atoms with E-state index in [4.69, 9.17) is 17.0 Å². The lowest BCUT2D eigenvalue weighted by atomic mass is 10.2. The fourth-order valence-electron chi connectivity index (χ4n) is 3.69. The van der Waals surface area contributed by atoms with Crippen molar-refractivity contribution in [2.45, 2.75) is 19.9 Å². The summed E-state index contributed by atoms with van der Waals surface area (Å²) in [4.78, 5) is 15.0. The van der Waals surface area contributed by atoms with E-state index in [1.807, 2.05) is 36.4 Å². The Bertz CT molecular complexity index is 1070. The number of benzene rings is 2. The minimum Gasteiger partial charge on any atom is -0.497 e. The van der Waals surface area contributed by atoms with Gasteiger partial charge < -0.3 is 15.0 Å². The molecule has 1 aliphatic heterocycles. The van der Waals surface area contributed by atoms with Crippen LogP contribution in [-0.2, 0) is 11.3 Å². The summed E-state index contributed by atoms with van der Waals surface area (Å²) in [5.74, 6) is 1.92. The van der Waals surface area contributed by atoms with Crippen LogP contribution >= 0.6 is 12.2 Å². The first-order valence-electron chi connectivity index (χ1n) is 9.98. The molecule has 0 spiro atoms. The average Bonchev–Trinajstić information content (AvgIpc) is 3.35. The summed E-state index contributed by atoms with van der Waals surface area (Å²) in [7, 11) is 1.62. The summed E-state index contributed by atoms with van der Waals surface area (Å²) < 4.78 is 7.28. The molecule has 4 rings (SSSR count).